The van der Waals surface area contributed by atoms with Crippen LogP contribution in [0, 0.1) is 5.92 Å². The van der Waals surface area contributed by atoms with Crippen molar-refractivity contribution in [3.8, 4) is 0 Å². The molecule has 1 fully saturated rings. The van der Waals surface area contributed by atoms with Gasteiger partial charge in [-0.2, -0.15) is 5.10 Å². The fraction of sp³-hybridized carbons (Fsp3) is 0.391. The number of hydrogen-bond acceptors (Lipinski definition) is 4. The molecule has 2 aliphatic heterocycles. The predicted molar refractivity (Wildman–Crippen MR) is 126 cm³/mol. The number of hydrogen-bond donors (Lipinski definition) is 1. The summed E-state index contributed by atoms with van der Waals surface area (Å²) in [5.41, 5.74) is 5.57. The van der Waals surface area contributed by atoms with Crippen LogP contribution in [-0.4, -0.2) is 29.7 Å². The highest BCUT2D eigenvalue weighted by atomic mass is 79.9. The first kappa shape index (κ1) is 21.3. The van der Waals surface area contributed by atoms with E-state index in [1.807, 2.05) is 46.4 Å². The number of halogens is 2. The number of nitrogens with one attached hydrogen (secondary N) is 1. The lowest BCUT2D eigenvalue weighted by Crippen LogP contribution is -2.48. The predicted octanol–water partition coefficient (Wildman–Crippen LogP) is 5.56. The Hall–Kier alpha value is -1.89. The minimum atomic E-state index is -0.111. The van der Waals surface area contributed by atoms with Crippen LogP contribution in [0.2, 0.25) is 5.02 Å². The molecule has 2 aliphatic rings. The van der Waals surface area contributed by atoms with Gasteiger partial charge < -0.3 is 0 Å². The van der Waals surface area contributed by atoms with Crippen LogP contribution in [0.1, 0.15) is 44.2 Å². The average Bonchev–Trinajstić information content (AvgIpc) is 3.15. The van der Waals surface area contributed by atoms with Crippen LogP contribution < -0.4 is 10.4 Å². The van der Waals surface area contributed by atoms with Crippen LogP contribution in [0.15, 0.2) is 58.1 Å². The number of anilines is 1. The van der Waals surface area contributed by atoms with E-state index in [0.717, 1.165) is 48.1 Å². The Morgan fingerprint density at radius 1 is 1.13 bits per heavy atom. The summed E-state index contributed by atoms with van der Waals surface area (Å²) in [6.45, 7) is 3.89. The number of carbonyl (C=O) groups is 1. The van der Waals surface area contributed by atoms with Crippen LogP contribution in [0.5, 0.6) is 0 Å². The molecule has 2 heterocycles. The second-order valence-electron chi connectivity index (χ2n) is 7.78. The number of carbonyl (C=O) groups excluding carboxylic acids is 1. The van der Waals surface area contributed by atoms with E-state index in [-0.39, 0.29) is 17.9 Å². The lowest BCUT2D eigenvalue weighted by molar-refractivity contribution is -0.120. The van der Waals surface area contributed by atoms with Crippen molar-refractivity contribution in [3.05, 3.63) is 63.6 Å². The van der Waals surface area contributed by atoms with Gasteiger partial charge in [-0.25, -0.2) is 5.01 Å². The van der Waals surface area contributed by atoms with Crippen molar-refractivity contribution < 1.29 is 4.79 Å². The van der Waals surface area contributed by atoms with Crippen molar-refractivity contribution >= 4 is 44.8 Å². The molecule has 30 heavy (non-hydrogen) atoms. The molecule has 0 spiro atoms. The van der Waals surface area contributed by atoms with E-state index in [1.54, 1.807) is 0 Å². The fourth-order valence-corrected chi connectivity index (χ4v) is 4.77. The average molecular weight is 490 g/mol. The maximum Gasteiger partial charge on any atom is 0.282 e. The molecule has 0 saturated carbocycles. The second-order valence-corrected chi connectivity index (χ2v) is 9.10. The van der Waals surface area contributed by atoms with Crippen molar-refractivity contribution in [1.82, 2.24) is 10.4 Å². The Labute approximate surface area is 191 Å². The summed E-state index contributed by atoms with van der Waals surface area (Å²) >= 11 is 10.0. The Balaban J connectivity index is 1.70. The first-order chi connectivity index (χ1) is 14.6. The molecule has 0 radical (unpaired) electrons. The monoisotopic (exact) mass is 488 g/mol. The third-order valence-electron chi connectivity index (χ3n) is 5.81. The zero-order valence-electron chi connectivity index (χ0n) is 17.0. The molecule has 2 aromatic carbocycles. The Morgan fingerprint density at radius 2 is 1.83 bits per heavy atom. The number of nitrogens with zero attached hydrogens (tertiary/aromatic N) is 3. The lowest BCUT2D eigenvalue weighted by Gasteiger charge is -2.29. The normalized spacial score (nSPS) is 22.1. The smallest absolute Gasteiger partial charge is 0.282 e. The summed E-state index contributed by atoms with van der Waals surface area (Å²) in [4.78, 5) is 13.2. The van der Waals surface area contributed by atoms with Crippen molar-refractivity contribution in [2.45, 2.75) is 38.6 Å². The molecule has 158 valence electrons. The van der Waals surface area contributed by atoms with Gasteiger partial charge >= 0.3 is 0 Å². The summed E-state index contributed by atoms with van der Waals surface area (Å²) < 4.78 is 1.02. The van der Waals surface area contributed by atoms with Gasteiger partial charge in [0.2, 0.25) is 0 Å². The zero-order valence-corrected chi connectivity index (χ0v) is 19.4. The number of hydrazone groups is 1. The number of piperidine rings is 1. The first-order valence-electron chi connectivity index (χ1n) is 10.5. The van der Waals surface area contributed by atoms with Gasteiger partial charge in [0.1, 0.15) is 5.71 Å². The van der Waals surface area contributed by atoms with Crippen molar-refractivity contribution in [2.24, 2.45) is 11.0 Å². The first-order valence-corrected chi connectivity index (χ1v) is 11.7. The molecule has 1 saturated heterocycles. The van der Waals surface area contributed by atoms with E-state index in [4.69, 9.17) is 16.7 Å². The number of benzene rings is 2. The van der Waals surface area contributed by atoms with Crippen molar-refractivity contribution in [2.75, 3.05) is 18.1 Å². The highest BCUT2D eigenvalue weighted by Crippen LogP contribution is 2.43. The molecule has 0 aromatic heterocycles. The molecule has 0 unspecified atom stereocenters. The van der Waals surface area contributed by atoms with E-state index in [1.165, 1.54) is 6.42 Å². The van der Waals surface area contributed by atoms with Gasteiger partial charge in [-0.05, 0) is 49.1 Å². The van der Waals surface area contributed by atoms with Gasteiger partial charge in [0.15, 0.2) is 0 Å². The van der Waals surface area contributed by atoms with Gasteiger partial charge in [0, 0.05) is 23.5 Å². The Bertz CT molecular complexity index is 927. The summed E-state index contributed by atoms with van der Waals surface area (Å²) in [5, 5.41) is 9.40. The van der Waals surface area contributed by atoms with Crippen molar-refractivity contribution in [1.29, 1.82) is 0 Å². The van der Waals surface area contributed by atoms with Crippen LogP contribution in [0.4, 0.5) is 5.69 Å². The van der Waals surface area contributed by atoms with Gasteiger partial charge in [0.05, 0.1) is 16.8 Å². The SMILES string of the molecule is CC[C@H]1C(C(=O)NN2CCCCC2)=NN(c2ccccc2Cl)[C@H]1c1ccc(Br)cc1. The van der Waals surface area contributed by atoms with Crippen molar-refractivity contribution in [3.63, 3.8) is 0 Å². The molecular weight excluding hydrogens is 464 g/mol. The van der Waals surface area contributed by atoms with Gasteiger partial charge in [0.25, 0.3) is 5.91 Å². The number of hydrazine groups is 1. The van der Waals surface area contributed by atoms with Crippen LogP contribution in [0.3, 0.4) is 0 Å². The molecule has 2 aromatic rings. The third kappa shape index (κ3) is 4.41. The maximum atomic E-state index is 13.2. The summed E-state index contributed by atoms with van der Waals surface area (Å²) in [5.74, 6) is -0.146. The molecule has 1 amide bonds. The standard InChI is InChI=1S/C23H26BrClN4O/c1-2-18-21(23(30)27-28-14-6-3-7-15-28)26-29(20-9-5-4-8-19(20)25)22(18)16-10-12-17(24)13-11-16/h4-5,8-13,18,22H,2-3,6-7,14-15H2,1H3,(H,27,30)/t18-,22-/m0/s1. The van der Waals surface area contributed by atoms with Gasteiger partial charge in [-0.15, -0.1) is 0 Å². The zero-order chi connectivity index (χ0) is 21.1. The minimum absolute atomic E-state index is 0.0350. The van der Waals surface area contributed by atoms with Gasteiger partial charge in [-0.1, -0.05) is 65.1 Å². The molecule has 2 atom stereocenters. The maximum absolute atomic E-state index is 13.2. The summed E-state index contributed by atoms with van der Waals surface area (Å²) in [7, 11) is 0. The summed E-state index contributed by atoms with van der Waals surface area (Å²) in [6, 6.07) is 15.8. The largest absolute Gasteiger partial charge is 0.284 e. The number of amides is 1. The molecule has 0 bridgehead atoms. The van der Waals surface area contributed by atoms with Crippen LogP contribution in [0.25, 0.3) is 0 Å². The molecule has 0 aliphatic carbocycles. The molecule has 4 rings (SSSR count). The van der Waals surface area contributed by atoms with Gasteiger partial charge in [-0.3, -0.25) is 15.2 Å². The highest BCUT2D eigenvalue weighted by molar-refractivity contribution is 9.10. The number of rotatable bonds is 5. The summed E-state index contributed by atoms with van der Waals surface area (Å²) in [6.07, 6.45) is 4.24. The Morgan fingerprint density at radius 3 is 2.50 bits per heavy atom. The molecular formula is C23H26BrClN4O. The topological polar surface area (TPSA) is 47.9 Å². The minimum Gasteiger partial charge on any atom is -0.284 e. The van der Waals surface area contributed by atoms with E-state index < -0.39 is 0 Å². The van der Waals surface area contributed by atoms with Crippen LogP contribution >= 0.6 is 27.5 Å². The highest BCUT2D eigenvalue weighted by Gasteiger charge is 2.41. The molecule has 1 N–H and O–H groups in total. The molecule has 5 nitrogen and oxygen atoms in total. The fourth-order valence-electron chi connectivity index (χ4n) is 4.28. The third-order valence-corrected chi connectivity index (χ3v) is 6.66. The van der Waals surface area contributed by atoms with E-state index in [2.05, 4.69) is 40.4 Å². The Kier molecular flexibility index (Phi) is 6.76. The molecule has 7 heteroatoms. The second kappa shape index (κ2) is 9.50. The van der Waals surface area contributed by atoms with E-state index in [0.29, 0.717) is 10.7 Å². The quantitative estimate of drug-likeness (QED) is 0.598. The number of para-hydroxylation sites is 1. The van der Waals surface area contributed by atoms with E-state index >= 15 is 0 Å². The van der Waals surface area contributed by atoms with Crippen LogP contribution in [-0.2, 0) is 4.79 Å². The lowest BCUT2D eigenvalue weighted by atomic mass is 9.87. The van der Waals surface area contributed by atoms with E-state index in [9.17, 15) is 4.79 Å².